The Labute approximate surface area is 147 Å². The fraction of sp³-hybridized carbons (Fsp3) is 0.667. The van der Waals surface area contributed by atoms with Crippen molar-refractivity contribution in [3.8, 4) is 0 Å². The summed E-state index contributed by atoms with van der Waals surface area (Å²) in [6.07, 6.45) is 5.69. The maximum atomic E-state index is 12.9. The van der Waals surface area contributed by atoms with E-state index in [0.29, 0.717) is 31.8 Å². The molecule has 10 heteroatoms. The van der Waals surface area contributed by atoms with Crippen LogP contribution in [0.15, 0.2) is 18.5 Å². The average Bonchev–Trinajstić information content (AvgIpc) is 2.84. The highest BCUT2D eigenvalue weighted by Crippen LogP contribution is 2.25. The lowest BCUT2D eigenvalue weighted by atomic mass is 10.1. The molecule has 0 aromatic carbocycles. The third-order valence-electron chi connectivity index (χ3n) is 5.10. The van der Waals surface area contributed by atoms with Crippen molar-refractivity contribution in [3.63, 3.8) is 0 Å². The molecule has 25 heavy (non-hydrogen) atoms. The van der Waals surface area contributed by atoms with E-state index in [1.807, 2.05) is 12.1 Å². The van der Waals surface area contributed by atoms with Gasteiger partial charge in [0.15, 0.2) is 5.65 Å². The van der Waals surface area contributed by atoms with E-state index in [1.54, 1.807) is 22.2 Å². The Morgan fingerprint density at radius 2 is 1.84 bits per heavy atom. The molecule has 4 rings (SSSR count). The van der Waals surface area contributed by atoms with Crippen molar-refractivity contribution in [1.29, 1.82) is 0 Å². The van der Waals surface area contributed by atoms with E-state index in [1.165, 1.54) is 4.31 Å². The van der Waals surface area contributed by atoms with Crippen LogP contribution in [0.2, 0.25) is 0 Å². The van der Waals surface area contributed by atoms with Crippen LogP contribution in [0.3, 0.4) is 0 Å². The first-order chi connectivity index (χ1) is 12.1. The quantitative estimate of drug-likeness (QED) is 0.778. The molecule has 0 N–H and O–H groups in total. The maximum absolute atomic E-state index is 12.9. The molecule has 2 saturated heterocycles. The van der Waals surface area contributed by atoms with Gasteiger partial charge in [-0.3, -0.25) is 0 Å². The normalized spacial score (nSPS) is 20.8. The molecule has 2 aromatic heterocycles. The van der Waals surface area contributed by atoms with Crippen LogP contribution < -0.4 is 4.90 Å². The smallest absolute Gasteiger partial charge is 0.282 e. The minimum atomic E-state index is -3.38. The van der Waals surface area contributed by atoms with Crippen molar-refractivity contribution in [2.75, 3.05) is 38.1 Å². The molecule has 2 aromatic rings. The molecule has 9 nitrogen and oxygen atoms in total. The Balaban J connectivity index is 1.42. The van der Waals surface area contributed by atoms with Crippen LogP contribution in [0, 0.1) is 0 Å². The Morgan fingerprint density at radius 3 is 2.56 bits per heavy atom. The molecule has 4 heterocycles. The predicted octanol–water partition coefficient (Wildman–Crippen LogP) is 0.365. The summed E-state index contributed by atoms with van der Waals surface area (Å²) in [6, 6.07) is 3.73. The van der Waals surface area contributed by atoms with Crippen LogP contribution in [-0.4, -0.2) is 76.1 Å². The third kappa shape index (κ3) is 3.09. The number of likely N-dealkylation sites (N-methyl/N-ethyl adjacent to an activating group) is 1. The highest BCUT2D eigenvalue weighted by atomic mass is 32.2. The van der Waals surface area contributed by atoms with Crippen LogP contribution in [0.25, 0.3) is 5.65 Å². The number of fused-ring (bicyclic) bond motifs is 1. The Hall–Kier alpha value is -1.78. The minimum absolute atomic E-state index is 0.0216. The van der Waals surface area contributed by atoms with Gasteiger partial charge in [-0.15, -0.1) is 15.3 Å². The summed E-state index contributed by atoms with van der Waals surface area (Å²) in [6.45, 7) is 2.55. The van der Waals surface area contributed by atoms with Gasteiger partial charge in [-0.1, -0.05) is 12.8 Å². The zero-order valence-electron chi connectivity index (χ0n) is 14.3. The van der Waals surface area contributed by atoms with Crippen LogP contribution >= 0.6 is 0 Å². The summed E-state index contributed by atoms with van der Waals surface area (Å²) in [4.78, 5) is 2.07. The van der Waals surface area contributed by atoms with Gasteiger partial charge in [-0.25, -0.2) is 0 Å². The maximum Gasteiger partial charge on any atom is 0.282 e. The molecule has 2 fully saturated rings. The van der Waals surface area contributed by atoms with Crippen LogP contribution in [0.1, 0.15) is 25.7 Å². The van der Waals surface area contributed by atoms with E-state index in [9.17, 15) is 8.42 Å². The van der Waals surface area contributed by atoms with Crippen molar-refractivity contribution in [3.05, 3.63) is 18.5 Å². The SMILES string of the molecule is CN(C1CN(c2ccc3nncn3n2)C1)S(=O)(=O)N1CCCCCC1. The number of hydrogen-bond donors (Lipinski definition) is 0. The molecular formula is C15H23N7O2S. The van der Waals surface area contributed by atoms with Crippen LogP contribution in [0.4, 0.5) is 5.82 Å². The number of anilines is 1. The molecule has 0 atom stereocenters. The second-order valence-electron chi connectivity index (χ2n) is 6.72. The molecule has 0 unspecified atom stereocenters. The van der Waals surface area contributed by atoms with E-state index in [4.69, 9.17) is 0 Å². The lowest BCUT2D eigenvalue weighted by Crippen LogP contribution is -2.62. The monoisotopic (exact) mass is 365 g/mol. The van der Waals surface area contributed by atoms with Crippen molar-refractivity contribution in [2.45, 2.75) is 31.7 Å². The van der Waals surface area contributed by atoms with Gasteiger partial charge < -0.3 is 4.90 Å². The van der Waals surface area contributed by atoms with Crippen LogP contribution in [0.5, 0.6) is 0 Å². The van der Waals surface area contributed by atoms with Gasteiger partial charge in [0.25, 0.3) is 10.2 Å². The van der Waals surface area contributed by atoms with Gasteiger partial charge in [0.2, 0.25) is 0 Å². The van der Waals surface area contributed by atoms with Crippen LogP contribution in [-0.2, 0) is 10.2 Å². The van der Waals surface area contributed by atoms with E-state index in [-0.39, 0.29) is 6.04 Å². The first-order valence-electron chi connectivity index (χ1n) is 8.71. The van der Waals surface area contributed by atoms with Crippen molar-refractivity contribution in [2.24, 2.45) is 0 Å². The fourth-order valence-corrected chi connectivity index (χ4v) is 5.00. The third-order valence-corrected chi connectivity index (χ3v) is 7.15. The van der Waals surface area contributed by atoms with Gasteiger partial charge in [-0.2, -0.15) is 21.5 Å². The van der Waals surface area contributed by atoms with Gasteiger partial charge in [0.1, 0.15) is 12.1 Å². The summed E-state index contributed by atoms with van der Waals surface area (Å²) < 4.78 is 30.5. The summed E-state index contributed by atoms with van der Waals surface area (Å²) >= 11 is 0. The predicted molar refractivity (Wildman–Crippen MR) is 93.5 cm³/mol. The zero-order chi connectivity index (χ0) is 17.4. The van der Waals surface area contributed by atoms with E-state index < -0.39 is 10.2 Å². The second kappa shape index (κ2) is 6.50. The molecule has 0 saturated carbocycles. The van der Waals surface area contributed by atoms with Crippen molar-refractivity contribution in [1.82, 2.24) is 28.4 Å². The average molecular weight is 365 g/mol. The summed E-state index contributed by atoms with van der Waals surface area (Å²) in [5.74, 6) is 0.809. The zero-order valence-corrected chi connectivity index (χ0v) is 15.1. The van der Waals surface area contributed by atoms with Gasteiger partial charge in [0.05, 0.1) is 6.04 Å². The van der Waals surface area contributed by atoms with E-state index in [0.717, 1.165) is 31.5 Å². The largest absolute Gasteiger partial charge is 0.352 e. The first-order valence-corrected chi connectivity index (χ1v) is 10.1. The highest BCUT2D eigenvalue weighted by molar-refractivity contribution is 7.86. The molecule has 2 aliphatic rings. The molecule has 0 bridgehead atoms. The summed E-state index contributed by atoms with van der Waals surface area (Å²) in [5, 5.41) is 12.2. The highest BCUT2D eigenvalue weighted by Gasteiger charge is 2.39. The lowest BCUT2D eigenvalue weighted by Gasteiger charge is -2.44. The van der Waals surface area contributed by atoms with Gasteiger partial charge in [-0.05, 0) is 25.0 Å². The Bertz CT molecular complexity index is 838. The summed E-state index contributed by atoms with van der Waals surface area (Å²) in [5.41, 5.74) is 0.696. The van der Waals surface area contributed by atoms with E-state index >= 15 is 0 Å². The molecular weight excluding hydrogens is 342 g/mol. The molecule has 0 spiro atoms. The topological polar surface area (TPSA) is 86.9 Å². The molecule has 2 aliphatic heterocycles. The lowest BCUT2D eigenvalue weighted by molar-refractivity contribution is 0.280. The number of rotatable bonds is 4. The molecule has 0 amide bonds. The number of nitrogens with zero attached hydrogens (tertiary/aromatic N) is 7. The molecule has 0 aliphatic carbocycles. The Morgan fingerprint density at radius 1 is 1.12 bits per heavy atom. The standard InChI is InChI=1S/C15H23N7O2S/c1-19(25(23,24)21-8-4-2-3-5-9-21)13-10-20(11-13)15-7-6-14-17-16-12-22(14)18-15/h6-7,12-13H,2-5,8-11H2,1H3. The van der Waals surface area contributed by atoms with E-state index in [2.05, 4.69) is 20.2 Å². The van der Waals surface area contributed by atoms with Crippen molar-refractivity contribution >= 4 is 21.7 Å². The Kier molecular flexibility index (Phi) is 4.34. The second-order valence-corrected chi connectivity index (χ2v) is 8.71. The first kappa shape index (κ1) is 16.7. The van der Waals surface area contributed by atoms with Gasteiger partial charge >= 0.3 is 0 Å². The summed E-state index contributed by atoms with van der Waals surface area (Å²) in [7, 11) is -1.69. The van der Waals surface area contributed by atoms with Crippen molar-refractivity contribution < 1.29 is 8.42 Å². The molecule has 0 radical (unpaired) electrons. The number of aromatic nitrogens is 4. The number of hydrogen-bond acceptors (Lipinski definition) is 6. The molecule has 136 valence electrons. The van der Waals surface area contributed by atoms with Gasteiger partial charge in [0, 0.05) is 33.2 Å². The minimum Gasteiger partial charge on any atom is -0.352 e. The fourth-order valence-electron chi connectivity index (χ4n) is 3.40.